The average Bonchev–Trinajstić information content (AvgIpc) is 2.93. The molecule has 7 nitrogen and oxygen atoms in total. The number of hydrogen-bond acceptors (Lipinski definition) is 5. The molecule has 0 aromatic carbocycles. The van der Waals surface area contributed by atoms with Crippen molar-refractivity contribution in [2.24, 2.45) is 0 Å². The van der Waals surface area contributed by atoms with E-state index in [1.165, 1.54) is 11.3 Å². The van der Waals surface area contributed by atoms with Crippen LogP contribution in [-0.4, -0.2) is 26.3 Å². The van der Waals surface area contributed by atoms with Crippen LogP contribution < -0.4 is 16.7 Å². The zero-order valence-electron chi connectivity index (χ0n) is 10.2. The van der Waals surface area contributed by atoms with Crippen molar-refractivity contribution in [3.8, 4) is 5.13 Å². The molecule has 0 spiro atoms. The SMILES string of the molecule is CCCNC(C)c1csc(-n2c(=O)[nH][nH]c2=O)n1. The Balaban J connectivity index is 2.26. The molecule has 18 heavy (non-hydrogen) atoms. The number of nitrogens with zero attached hydrogens (tertiary/aromatic N) is 2. The van der Waals surface area contributed by atoms with Crippen LogP contribution in [0.15, 0.2) is 15.0 Å². The van der Waals surface area contributed by atoms with Gasteiger partial charge in [0.25, 0.3) is 0 Å². The molecule has 1 atom stereocenters. The van der Waals surface area contributed by atoms with Crippen LogP contribution in [-0.2, 0) is 0 Å². The van der Waals surface area contributed by atoms with Gasteiger partial charge in [0.05, 0.1) is 5.69 Å². The molecule has 0 fully saturated rings. The van der Waals surface area contributed by atoms with Crippen molar-refractivity contribution >= 4 is 11.3 Å². The minimum Gasteiger partial charge on any atom is -0.309 e. The highest BCUT2D eigenvalue weighted by molar-refractivity contribution is 7.12. The molecule has 98 valence electrons. The minimum absolute atomic E-state index is 0.101. The van der Waals surface area contributed by atoms with Crippen molar-refractivity contribution in [3.63, 3.8) is 0 Å². The zero-order valence-corrected chi connectivity index (χ0v) is 11.0. The number of H-pyrrole nitrogens is 2. The average molecular weight is 269 g/mol. The molecule has 2 aromatic heterocycles. The highest BCUT2D eigenvalue weighted by Crippen LogP contribution is 2.17. The van der Waals surface area contributed by atoms with E-state index in [1.807, 2.05) is 12.3 Å². The first kappa shape index (κ1) is 12.8. The van der Waals surface area contributed by atoms with Crippen LogP contribution in [0.1, 0.15) is 32.0 Å². The molecular formula is C10H15N5O2S. The van der Waals surface area contributed by atoms with Gasteiger partial charge in [0.15, 0.2) is 0 Å². The molecule has 0 saturated carbocycles. The Morgan fingerprint density at radius 2 is 2.11 bits per heavy atom. The van der Waals surface area contributed by atoms with Gasteiger partial charge in [0, 0.05) is 11.4 Å². The molecule has 2 heterocycles. The third-order valence-electron chi connectivity index (χ3n) is 2.53. The van der Waals surface area contributed by atoms with Crippen LogP contribution in [0.2, 0.25) is 0 Å². The molecule has 3 N–H and O–H groups in total. The standard InChI is InChI=1S/C10H15N5O2S/c1-3-4-11-6(2)7-5-18-10(12-7)15-8(16)13-14-9(15)17/h5-6,11H,3-4H2,1-2H3,(H,13,16)(H,14,17). The summed E-state index contributed by atoms with van der Waals surface area (Å²) in [7, 11) is 0. The van der Waals surface area contributed by atoms with Gasteiger partial charge in [0.2, 0.25) is 5.13 Å². The van der Waals surface area contributed by atoms with E-state index in [4.69, 9.17) is 0 Å². The van der Waals surface area contributed by atoms with Crippen LogP contribution in [0, 0.1) is 0 Å². The van der Waals surface area contributed by atoms with Crippen molar-refractivity contribution < 1.29 is 0 Å². The van der Waals surface area contributed by atoms with Gasteiger partial charge in [-0.15, -0.1) is 11.3 Å². The van der Waals surface area contributed by atoms with Crippen molar-refractivity contribution in [1.29, 1.82) is 0 Å². The van der Waals surface area contributed by atoms with Crippen molar-refractivity contribution in [3.05, 3.63) is 32.0 Å². The van der Waals surface area contributed by atoms with E-state index < -0.39 is 11.4 Å². The van der Waals surface area contributed by atoms with Gasteiger partial charge in [-0.1, -0.05) is 6.92 Å². The quantitative estimate of drug-likeness (QED) is 0.730. The van der Waals surface area contributed by atoms with Crippen LogP contribution in [0.3, 0.4) is 0 Å². The molecule has 2 rings (SSSR count). The van der Waals surface area contributed by atoms with E-state index in [1.54, 1.807) is 0 Å². The number of hydrogen-bond donors (Lipinski definition) is 3. The summed E-state index contributed by atoms with van der Waals surface area (Å²) < 4.78 is 0.987. The molecule has 8 heteroatoms. The highest BCUT2D eigenvalue weighted by atomic mass is 32.1. The number of rotatable bonds is 5. The molecule has 0 aliphatic heterocycles. The lowest BCUT2D eigenvalue weighted by atomic mass is 10.2. The topological polar surface area (TPSA) is 95.6 Å². The maximum Gasteiger partial charge on any atom is 0.350 e. The maximum absolute atomic E-state index is 11.4. The fourth-order valence-electron chi connectivity index (χ4n) is 1.53. The van der Waals surface area contributed by atoms with Gasteiger partial charge in [-0.2, -0.15) is 4.57 Å². The number of nitrogens with one attached hydrogen (secondary N) is 3. The fourth-order valence-corrected chi connectivity index (χ4v) is 2.44. The molecule has 1 unspecified atom stereocenters. The highest BCUT2D eigenvalue weighted by Gasteiger charge is 2.13. The monoisotopic (exact) mass is 269 g/mol. The second-order valence-electron chi connectivity index (χ2n) is 3.93. The van der Waals surface area contributed by atoms with Gasteiger partial charge >= 0.3 is 11.4 Å². The Morgan fingerprint density at radius 1 is 1.44 bits per heavy atom. The predicted molar refractivity (Wildman–Crippen MR) is 69.4 cm³/mol. The second kappa shape index (κ2) is 5.32. The number of thiazole rings is 1. The van der Waals surface area contributed by atoms with Gasteiger partial charge in [-0.3, -0.25) is 0 Å². The van der Waals surface area contributed by atoms with Crippen molar-refractivity contribution in [1.82, 2.24) is 25.1 Å². The molecule has 2 aromatic rings. The Kier molecular flexibility index (Phi) is 3.78. The summed E-state index contributed by atoms with van der Waals surface area (Å²) in [6.45, 7) is 4.99. The normalized spacial score (nSPS) is 12.8. The molecule has 0 aliphatic rings. The molecular weight excluding hydrogens is 254 g/mol. The Bertz CT molecular complexity index is 595. The lowest BCUT2D eigenvalue weighted by Crippen LogP contribution is -2.25. The van der Waals surface area contributed by atoms with Crippen LogP contribution in [0.4, 0.5) is 0 Å². The summed E-state index contributed by atoms with van der Waals surface area (Å²) in [5.74, 6) is 0. The lowest BCUT2D eigenvalue weighted by molar-refractivity contribution is 0.560. The summed E-state index contributed by atoms with van der Waals surface area (Å²) in [4.78, 5) is 27.1. The van der Waals surface area contributed by atoms with Gasteiger partial charge in [-0.05, 0) is 19.9 Å². The Hall–Kier alpha value is -1.67. The maximum atomic E-state index is 11.4. The van der Waals surface area contributed by atoms with Crippen LogP contribution >= 0.6 is 11.3 Å². The predicted octanol–water partition coefficient (Wildman–Crippen LogP) is 0.371. The molecule has 0 bridgehead atoms. The Labute approximate surface area is 107 Å². The first-order valence-corrected chi connectivity index (χ1v) is 6.60. The van der Waals surface area contributed by atoms with Crippen LogP contribution in [0.25, 0.3) is 5.13 Å². The molecule has 0 radical (unpaired) electrons. The van der Waals surface area contributed by atoms with Gasteiger partial charge in [0.1, 0.15) is 0 Å². The van der Waals surface area contributed by atoms with Crippen LogP contribution in [0.5, 0.6) is 0 Å². The first-order chi connectivity index (χ1) is 8.63. The molecule has 0 saturated heterocycles. The smallest absolute Gasteiger partial charge is 0.309 e. The second-order valence-corrected chi connectivity index (χ2v) is 4.76. The van der Waals surface area contributed by atoms with E-state index in [9.17, 15) is 9.59 Å². The number of aromatic nitrogens is 4. The third kappa shape index (κ3) is 2.44. The van der Waals surface area contributed by atoms with E-state index in [2.05, 4.69) is 27.4 Å². The fraction of sp³-hybridized carbons (Fsp3) is 0.500. The molecule has 0 aliphatic carbocycles. The third-order valence-corrected chi connectivity index (χ3v) is 3.37. The zero-order chi connectivity index (χ0) is 13.1. The first-order valence-electron chi connectivity index (χ1n) is 5.72. The minimum atomic E-state index is -0.505. The van der Waals surface area contributed by atoms with E-state index in [-0.39, 0.29) is 6.04 Å². The summed E-state index contributed by atoms with van der Waals surface area (Å²) in [6.07, 6.45) is 1.04. The van der Waals surface area contributed by atoms with Gasteiger partial charge in [-0.25, -0.2) is 24.8 Å². The largest absolute Gasteiger partial charge is 0.350 e. The Morgan fingerprint density at radius 3 is 2.72 bits per heavy atom. The summed E-state index contributed by atoms with van der Waals surface area (Å²) in [5, 5.41) is 9.98. The lowest BCUT2D eigenvalue weighted by Gasteiger charge is -2.09. The van der Waals surface area contributed by atoms with E-state index in [0.29, 0.717) is 5.13 Å². The van der Waals surface area contributed by atoms with E-state index >= 15 is 0 Å². The van der Waals surface area contributed by atoms with Crippen molar-refractivity contribution in [2.45, 2.75) is 26.3 Å². The summed E-state index contributed by atoms with van der Waals surface area (Å²) in [5.41, 5.74) is -0.180. The summed E-state index contributed by atoms with van der Waals surface area (Å²) in [6, 6.07) is 0.101. The molecule has 0 amide bonds. The van der Waals surface area contributed by atoms with Gasteiger partial charge < -0.3 is 5.32 Å². The number of aromatic amines is 2. The van der Waals surface area contributed by atoms with E-state index in [0.717, 1.165) is 23.2 Å². The summed E-state index contributed by atoms with van der Waals surface area (Å²) >= 11 is 1.27. The van der Waals surface area contributed by atoms with Crippen molar-refractivity contribution in [2.75, 3.05) is 6.54 Å².